The molecule has 1 saturated carbocycles. The highest BCUT2D eigenvalue weighted by molar-refractivity contribution is 5.65. The molecule has 2 aromatic rings. The molecular weight excluding hydrogens is 406 g/mol. The number of rotatable bonds is 7. The number of ether oxygens (including phenoxy) is 2. The molecule has 2 nitrogen and oxygen atoms in total. The second-order valence-corrected chi connectivity index (χ2v) is 9.28. The van der Waals surface area contributed by atoms with Crippen LogP contribution in [0.25, 0.3) is 11.1 Å². The monoisotopic (exact) mass is 440 g/mol. The average molecular weight is 441 g/mol. The van der Waals surface area contributed by atoms with Gasteiger partial charge in [-0.25, -0.2) is 4.39 Å². The maximum atomic E-state index is 14.6. The van der Waals surface area contributed by atoms with E-state index >= 15 is 0 Å². The molecule has 2 unspecified atom stereocenters. The van der Waals surface area contributed by atoms with E-state index in [0.717, 1.165) is 30.9 Å². The predicted octanol–water partition coefficient (Wildman–Crippen LogP) is 7.88. The van der Waals surface area contributed by atoms with Crippen molar-refractivity contribution in [3.05, 3.63) is 66.3 Å². The van der Waals surface area contributed by atoms with Gasteiger partial charge in [0.2, 0.25) is 5.82 Å². The third kappa shape index (κ3) is 5.06. The number of allylic oxidation sites excluding steroid dienone is 1. The van der Waals surface area contributed by atoms with Gasteiger partial charge in [0, 0.05) is 5.56 Å². The second kappa shape index (κ2) is 10.6. The molecule has 0 amide bonds. The molecule has 0 spiro atoms. The molecule has 2 aliphatic rings. The number of hydrogen-bond acceptors (Lipinski definition) is 2. The first kappa shape index (κ1) is 23.0. The van der Waals surface area contributed by atoms with Crippen molar-refractivity contribution in [3.63, 3.8) is 0 Å². The van der Waals surface area contributed by atoms with E-state index < -0.39 is 11.6 Å². The lowest BCUT2D eigenvalue weighted by Gasteiger charge is -2.37. The third-order valence-electron chi connectivity index (χ3n) is 7.23. The van der Waals surface area contributed by atoms with Crippen molar-refractivity contribution in [1.82, 2.24) is 0 Å². The maximum Gasteiger partial charge on any atom is 0.201 e. The Kier molecular flexibility index (Phi) is 7.62. The van der Waals surface area contributed by atoms with E-state index in [9.17, 15) is 8.78 Å². The predicted molar refractivity (Wildman–Crippen MR) is 125 cm³/mol. The molecule has 32 heavy (non-hydrogen) atoms. The molecule has 1 heterocycles. The van der Waals surface area contributed by atoms with Gasteiger partial charge in [-0.05, 0) is 86.0 Å². The molecule has 4 rings (SSSR count). The zero-order valence-electron chi connectivity index (χ0n) is 19.0. The van der Waals surface area contributed by atoms with Gasteiger partial charge in [-0.15, -0.1) is 6.58 Å². The number of halogens is 2. The first-order chi connectivity index (χ1) is 15.6. The van der Waals surface area contributed by atoms with Crippen LogP contribution in [0.5, 0.6) is 5.75 Å². The molecule has 4 heteroatoms. The molecule has 0 N–H and O–H groups in total. The van der Waals surface area contributed by atoms with E-state index in [-0.39, 0.29) is 17.4 Å². The molecule has 172 valence electrons. The molecule has 2 fully saturated rings. The summed E-state index contributed by atoms with van der Waals surface area (Å²) in [4.78, 5) is 0. The second-order valence-electron chi connectivity index (χ2n) is 9.28. The molecule has 0 aromatic heterocycles. The van der Waals surface area contributed by atoms with Crippen LogP contribution in [0.15, 0.2) is 49.1 Å². The normalized spacial score (nSPS) is 26.0. The lowest BCUT2D eigenvalue weighted by molar-refractivity contribution is -0.0395. The molecular formula is C28H34F2O2. The van der Waals surface area contributed by atoms with Gasteiger partial charge in [0.25, 0.3) is 0 Å². The molecule has 0 radical (unpaired) electrons. The first-order valence-electron chi connectivity index (χ1n) is 12.1. The molecule has 2 aromatic carbocycles. The van der Waals surface area contributed by atoms with Crippen LogP contribution >= 0.6 is 0 Å². The van der Waals surface area contributed by atoms with E-state index in [2.05, 4.69) is 12.7 Å². The van der Waals surface area contributed by atoms with Crippen LogP contribution in [0.2, 0.25) is 0 Å². The third-order valence-corrected chi connectivity index (χ3v) is 7.23. The minimum absolute atomic E-state index is 0.0344. The average Bonchev–Trinajstić information content (AvgIpc) is 2.85. The van der Waals surface area contributed by atoms with Crippen LogP contribution in [-0.4, -0.2) is 13.2 Å². The molecule has 1 aliphatic heterocycles. The number of benzene rings is 2. The van der Waals surface area contributed by atoms with Crippen molar-refractivity contribution in [2.24, 2.45) is 17.8 Å². The highest BCUT2D eigenvalue weighted by Gasteiger charge is 2.31. The Hall–Kier alpha value is -2.20. The van der Waals surface area contributed by atoms with E-state index in [0.29, 0.717) is 24.0 Å². The van der Waals surface area contributed by atoms with Crippen LogP contribution in [0.1, 0.15) is 63.5 Å². The Bertz CT molecular complexity index is 892. The first-order valence-corrected chi connectivity index (χ1v) is 12.1. The Morgan fingerprint density at radius 1 is 0.938 bits per heavy atom. The van der Waals surface area contributed by atoms with Gasteiger partial charge in [-0.2, -0.15) is 4.39 Å². The Morgan fingerprint density at radius 3 is 2.28 bits per heavy atom. The fourth-order valence-electron chi connectivity index (χ4n) is 5.21. The van der Waals surface area contributed by atoms with E-state index in [1.165, 1.54) is 38.2 Å². The zero-order chi connectivity index (χ0) is 22.5. The van der Waals surface area contributed by atoms with Gasteiger partial charge >= 0.3 is 0 Å². The SMILES string of the molecule is C=CC1CCC(C2CCC(c3ccc(-c4ccc(OCCC)c(F)c4F)cc3)OC2)CC1. The minimum atomic E-state index is -0.927. The minimum Gasteiger partial charge on any atom is -0.490 e. The lowest BCUT2D eigenvalue weighted by atomic mass is 9.73. The van der Waals surface area contributed by atoms with Crippen molar-refractivity contribution in [3.8, 4) is 16.9 Å². The van der Waals surface area contributed by atoms with Gasteiger partial charge in [0.15, 0.2) is 11.6 Å². The van der Waals surface area contributed by atoms with Crippen molar-refractivity contribution in [2.45, 2.75) is 58.0 Å². The fourth-order valence-corrected chi connectivity index (χ4v) is 5.21. The Morgan fingerprint density at radius 2 is 1.66 bits per heavy atom. The lowest BCUT2D eigenvalue weighted by Crippen LogP contribution is -2.29. The standard InChI is InChI=1S/C28H34F2O2/c1-3-17-31-26-16-14-24(27(29)28(26)30)21-9-11-22(12-10-21)25-15-13-23(18-32-25)20-7-5-19(4-2)6-8-20/h4,9-12,14,16,19-20,23,25H,2-3,5-8,13,15,17-18H2,1H3. The van der Waals surface area contributed by atoms with Crippen LogP contribution in [0.3, 0.4) is 0 Å². The molecule has 2 atom stereocenters. The summed E-state index contributed by atoms with van der Waals surface area (Å²) in [5.41, 5.74) is 2.00. The summed E-state index contributed by atoms with van der Waals surface area (Å²) in [5, 5.41) is 0. The fraction of sp³-hybridized carbons (Fsp3) is 0.500. The van der Waals surface area contributed by atoms with Gasteiger partial charge < -0.3 is 9.47 Å². The summed E-state index contributed by atoms with van der Waals surface area (Å²) in [6, 6.07) is 10.8. The Balaban J connectivity index is 1.36. The van der Waals surface area contributed by atoms with E-state index in [4.69, 9.17) is 9.47 Å². The maximum absolute atomic E-state index is 14.6. The quantitative estimate of drug-likeness (QED) is 0.408. The van der Waals surface area contributed by atoms with Crippen molar-refractivity contribution in [2.75, 3.05) is 13.2 Å². The van der Waals surface area contributed by atoms with Crippen molar-refractivity contribution in [1.29, 1.82) is 0 Å². The largest absolute Gasteiger partial charge is 0.490 e. The summed E-state index contributed by atoms with van der Waals surface area (Å²) in [6.07, 6.45) is 10.2. The van der Waals surface area contributed by atoms with Crippen LogP contribution in [-0.2, 0) is 4.74 Å². The highest BCUT2D eigenvalue weighted by Crippen LogP contribution is 2.41. The van der Waals surface area contributed by atoms with E-state index in [1.807, 2.05) is 31.2 Å². The smallest absolute Gasteiger partial charge is 0.201 e. The van der Waals surface area contributed by atoms with Crippen LogP contribution < -0.4 is 4.74 Å². The summed E-state index contributed by atoms with van der Waals surface area (Å²) in [5.74, 6) is 0.296. The number of hydrogen-bond donors (Lipinski definition) is 0. The Labute approximate surface area is 190 Å². The topological polar surface area (TPSA) is 18.5 Å². The molecule has 0 bridgehead atoms. The van der Waals surface area contributed by atoms with Crippen LogP contribution in [0.4, 0.5) is 8.78 Å². The molecule has 1 aliphatic carbocycles. The van der Waals surface area contributed by atoms with Gasteiger partial charge in [-0.3, -0.25) is 0 Å². The zero-order valence-corrected chi connectivity index (χ0v) is 19.0. The van der Waals surface area contributed by atoms with Crippen LogP contribution in [0, 0.1) is 29.4 Å². The van der Waals surface area contributed by atoms with Gasteiger partial charge in [-0.1, -0.05) is 37.3 Å². The summed E-state index contributed by atoms with van der Waals surface area (Å²) < 4.78 is 40.5. The van der Waals surface area contributed by atoms with Crippen molar-refractivity contribution < 1.29 is 18.3 Å². The van der Waals surface area contributed by atoms with Gasteiger partial charge in [0.1, 0.15) is 0 Å². The van der Waals surface area contributed by atoms with Crippen molar-refractivity contribution >= 4 is 0 Å². The van der Waals surface area contributed by atoms with Gasteiger partial charge in [0.05, 0.1) is 19.3 Å². The van der Waals surface area contributed by atoms with E-state index in [1.54, 1.807) is 6.07 Å². The highest BCUT2D eigenvalue weighted by atomic mass is 19.2. The summed E-state index contributed by atoms with van der Waals surface area (Å²) >= 11 is 0. The molecule has 1 saturated heterocycles. The summed E-state index contributed by atoms with van der Waals surface area (Å²) in [6.45, 7) is 7.05. The summed E-state index contributed by atoms with van der Waals surface area (Å²) in [7, 11) is 0.